The van der Waals surface area contributed by atoms with Crippen molar-refractivity contribution in [3.8, 4) is 11.3 Å². The zero-order valence-electron chi connectivity index (χ0n) is 25.3. The number of nitrogens with zero attached hydrogens (tertiary/aromatic N) is 9. The molecule has 3 aromatic heterocycles. The van der Waals surface area contributed by atoms with Crippen molar-refractivity contribution in [3.63, 3.8) is 0 Å². The predicted molar refractivity (Wildman–Crippen MR) is 155 cm³/mol. The molecule has 1 aliphatic rings. The summed E-state index contributed by atoms with van der Waals surface area (Å²) in [7, 11) is 2.17. The molecule has 5 rings (SSSR count). The minimum Gasteiger partial charge on any atom is -0.475 e. The summed E-state index contributed by atoms with van der Waals surface area (Å²) in [6.07, 6.45) is -1.40. The van der Waals surface area contributed by atoms with Gasteiger partial charge in [-0.05, 0) is 70.1 Å². The number of alkyl halides is 3. The monoisotopic (exact) mass is 616 g/mol. The number of halogens is 3. The Morgan fingerprint density at radius 3 is 2.43 bits per heavy atom. The smallest absolute Gasteiger partial charge is 0.475 e. The van der Waals surface area contributed by atoms with Crippen molar-refractivity contribution >= 4 is 23.1 Å². The van der Waals surface area contributed by atoms with E-state index >= 15 is 0 Å². The summed E-state index contributed by atoms with van der Waals surface area (Å²) in [6.45, 7) is 13.5. The van der Waals surface area contributed by atoms with Crippen LogP contribution in [0.4, 0.5) is 18.9 Å². The van der Waals surface area contributed by atoms with Gasteiger partial charge in [-0.1, -0.05) is 12.1 Å². The average molecular weight is 617 g/mol. The second-order valence-electron chi connectivity index (χ2n) is 11.6. The van der Waals surface area contributed by atoms with Gasteiger partial charge in [0.15, 0.2) is 0 Å². The number of hydrogen-bond acceptors (Lipinski definition) is 9. The second kappa shape index (κ2) is 12.6. The maximum atomic E-state index is 12.6. The molecule has 1 aliphatic heterocycles. The van der Waals surface area contributed by atoms with Crippen LogP contribution in [0.3, 0.4) is 0 Å². The van der Waals surface area contributed by atoms with Gasteiger partial charge in [0.1, 0.15) is 6.33 Å². The summed E-state index contributed by atoms with van der Waals surface area (Å²) in [5, 5.41) is 26.6. The molecule has 236 valence electrons. The Kier molecular flexibility index (Phi) is 9.22. The molecule has 1 saturated heterocycles. The molecule has 0 bridgehead atoms. The van der Waals surface area contributed by atoms with Gasteiger partial charge in [-0.15, -0.1) is 10.2 Å². The van der Waals surface area contributed by atoms with Gasteiger partial charge >= 0.3 is 12.1 Å². The molecule has 4 aromatic rings. The van der Waals surface area contributed by atoms with Crippen LogP contribution in [0.5, 0.6) is 0 Å². The number of tetrazole rings is 1. The molecule has 0 radical (unpaired) electrons. The zero-order valence-corrected chi connectivity index (χ0v) is 25.3. The van der Waals surface area contributed by atoms with Crippen molar-refractivity contribution in [2.45, 2.75) is 58.9 Å². The van der Waals surface area contributed by atoms with Crippen molar-refractivity contribution in [2.75, 3.05) is 31.6 Å². The number of benzene rings is 1. The first-order valence-electron chi connectivity index (χ1n) is 13.8. The minimum atomic E-state index is -5.08. The summed E-state index contributed by atoms with van der Waals surface area (Å²) in [6, 6.07) is 8.83. The molecule has 44 heavy (non-hydrogen) atoms. The van der Waals surface area contributed by atoms with E-state index in [1.54, 1.807) is 6.33 Å². The Labute approximate surface area is 251 Å². The number of piperazine rings is 1. The van der Waals surface area contributed by atoms with Crippen molar-refractivity contribution in [2.24, 2.45) is 0 Å². The summed E-state index contributed by atoms with van der Waals surface area (Å²) in [5.74, 6) is -3.05. The van der Waals surface area contributed by atoms with E-state index in [9.17, 15) is 18.0 Å². The Morgan fingerprint density at radius 2 is 1.84 bits per heavy atom. The van der Waals surface area contributed by atoms with E-state index in [0.717, 1.165) is 53.2 Å². The summed E-state index contributed by atoms with van der Waals surface area (Å²) < 4.78 is 33.6. The third-order valence-electron chi connectivity index (χ3n) is 7.23. The van der Waals surface area contributed by atoms with Gasteiger partial charge in [0.05, 0.1) is 28.6 Å². The number of carbonyl (C=O) groups is 2. The largest absolute Gasteiger partial charge is 0.490 e. The predicted octanol–water partition coefficient (Wildman–Crippen LogP) is 3.15. The summed E-state index contributed by atoms with van der Waals surface area (Å²) >= 11 is 0. The van der Waals surface area contributed by atoms with Gasteiger partial charge in [0.25, 0.3) is 11.7 Å². The molecule has 0 aliphatic carbocycles. The third-order valence-corrected chi connectivity index (χ3v) is 7.23. The van der Waals surface area contributed by atoms with Crippen LogP contribution in [-0.4, -0.2) is 95.6 Å². The lowest BCUT2D eigenvalue weighted by molar-refractivity contribution is -0.192. The standard InChI is InChI=1S/C26H34N10O.C2HF3O2/c1-17-11-19(7-8-20(17)13-27-25(37)24-30-32-36(31-24)26(3,4)5)23-22-12-21(15-35(22)29-16-28-23)34-10-9-33(6)18(2)14-34;3-2(4,5)1(6)7/h7-8,11-12,15-16,18H,9-10,13-14H2,1-6H3,(H,27,37);(H,6,7). The van der Waals surface area contributed by atoms with Crippen LogP contribution in [0.15, 0.2) is 36.8 Å². The number of likely N-dealkylation sites (N-methyl/N-ethyl adjacent to an activating group) is 1. The first kappa shape index (κ1) is 32.3. The van der Waals surface area contributed by atoms with Gasteiger partial charge in [-0.25, -0.2) is 14.3 Å². The average Bonchev–Trinajstić information content (AvgIpc) is 3.62. The summed E-state index contributed by atoms with van der Waals surface area (Å²) in [4.78, 5) is 32.3. The van der Waals surface area contributed by atoms with Gasteiger partial charge in [-0.2, -0.15) is 23.1 Å². The number of amides is 1. The number of fused-ring (bicyclic) bond motifs is 1. The van der Waals surface area contributed by atoms with Crippen LogP contribution in [0.1, 0.15) is 49.4 Å². The number of nitrogens with one attached hydrogen (secondary N) is 1. The van der Waals surface area contributed by atoms with Crippen molar-refractivity contribution in [3.05, 3.63) is 53.7 Å². The summed E-state index contributed by atoms with van der Waals surface area (Å²) in [5.41, 5.74) is 5.74. The molecule has 16 heteroatoms. The molecule has 4 heterocycles. The quantitative estimate of drug-likeness (QED) is 0.343. The fourth-order valence-corrected chi connectivity index (χ4v) is 4.48. The van der Waals surface area contributed by atoms with E-state index in [1.165, 1.54) is 4.80 Å². The lowest BCUT2D eigenvalue weighted by Crippen LogP contribution is -2.50. The number of aromatic nitrogens is 7. The van der Waals surface area contributed by atoms with E-state index in [4.69, 9.17) is 9.90 Å². The van der Waals surface area contributed by atoms with Crippen LogP contribution in [0.25, 0.3) is 16.8 Å². The molecule has 1 atom stereocenters. The van der Waals surface area contributed by atoms with Crippen LogP contribution < -0.4 is 10.2 Å². The highest BCUT2D eigenvalue weighted by Crippen LogP contribution is 2.29. The number of anilines is 1. The van der Waals surface area contributed by atoms with Crippen LogP contribution in [0.2, 0.25) is 0 Å². The highest BCUT2D eigenvalue weighted by molar-refractivity contribution is 5.90. The van der Waals surface area contributed by atoms with Gasteiger partial charge in [0.2, 0.25) is 0 Å². The molecule has 1 unspecified atom stereocenters. The van der Waals surface area contributed by atoms with Crippen molar-refractivity contribution < 1.29 is 27.9 Å². The topological polar surface area (TPSA) is 147 Å². The van der Waals surface area contributed by atoms with E-state index < -0.39 is 12.1 Å². The molecular formula is C28H35F3N10O3. The lowest BCUT2D eigenvalue weighted by atomic mass is 10.0. The Bertz CT molecular complexity index is 1640. The maximum absolute atomic E-state index is 12.6. The van der Waals surface area contributed by atoms with E-state index in [0.29, 0.717) is 12.6 Å². The van der Waals surface area contributed by atoms with E-state index in [-0.39, 0.29) is 17.3 Å². The van der Waals surface area contributed by atoms with Crippen molar-refractivity contribution in [1.29, 1.82) is 0 Å². The zero-order chi connectivity index (χ0) is 32.4. The molecule has 1 aromatic carbocycles. The van der Waals surface area contributed by atoms with Crippen LogP contribution >= 0.6 is 0 Å². The highest BCUT2D eigenvalue weighted by atomic mass is 19.4. The molecular weight excluding hydrogens is 581 g/mol. The first-order valence-corrected chi connectivity index (χ1v) is 13.8. The lowest BCUT2D eigenvalue weighted by Gasteiger charge is -2.38. The third kappa shape index (κ3) is 7.48. The number of rotatable bonds is 5. The number of carboxylic acid groups (broad SMARTS) is 1. The van der Waals surface area contributed by atoms with Crippen LogP contribution in [0, 0.1) is 6.92 Å². The van der Waals surface area contributed by atoms with Crippen molar-refractivity contribution in [1.82, 2.24) is 45.0 Å². The van der Waals surface area contributed by atoms with Gasteiger partial charge in [-0.3, -0.25) is 4.79 Å². The first-order chi connectivity index (χ1) is 20.5. The Balaban J connectivity index is 0.000000566. The van der Waals surface area contributed by atoms with Gasteiger partial charge in [0, 0.05) is 37.8 Å². The fraction of sp³-hybridized carbons (Fsp3) is 0.464. The van der Waals surface area contributed by atoms with Gasteiger partial charge < -0.3 is 20.2 Å². The second-order valence-corrected chi connectivity index (χ2v) is 11.6. The maximum Gasteiger partial charge on any atom is 0.490 e. The Hall–Kier alpha value is -4.60. The number of aliphatic carboxylic acids is 1. The number of hydrogen-bond donors (Lipinski definition) is 2. The highest BCUT2D eigenvalue weighted by Gasteiger charge is 2.38. The number of carbonyl (C=O) groups excluding carboxylic acids is 1. The van der Waals surface area contributed by atoms with E-state index in [1.807, 2.05) is 44.3 Å². The SMILES string of the molecule is Cc1cc(-c2ncnn3cc(N4CCN(C)C(C)C4)cc23)ccc1CNC(=O)c1nnn(C(C)(C)C)n1.O=C(O)C(F)(F)F. The molecule has 1 amide bonds. The molecule has 13 nitrogen and oxygen atoms in total. The molecule has 0 saturated carbocycles. The number of carboxylic acids is 1. The molecule has 1 fully saturated rings. The normalized spacial score (nSPS) is 16.0. The van der Waals surface area contributed by atoms with Crippen LogP contribution in [-0.2, 0) is 16.9 Å². The minimum absolute atomic E-state index is 0.0614. The van der Waals surface area contributed by atoms with E-state index in [2.05, 4.69) is 72.9 Å². The number of aryl methyl sites for hydroxylation is 1. The molecule has 0 spiro atoms. The fourth-order valence-electron chi connectivity index (χ4n) is 4.48. The molecule has 2 N–H and O–H groups in total. The Morgan fingerprint density at radius 1 is 1.14 bits per heavy atom.